The molecule has 1 amide bonds. The summed E-state index contributed by atoms with van der Waals surface area (Å²) < 4.78 is 45.7. The number of amides is 1. The molecule has 2 rings (SSSR count). The summed E-state index contributed by atoms with van der Waals surface area (Å²) in [6.07, 6.45) is 0.356. The van der Waals surface area contributed by atoms with E-state index in [1.807, 2.05) is 30.3 Å². The summed E-state index contributed by atoms with van der Waals surface area (Å²) in [6, 6.07) is 13.0. The molecule has 2 aromatic carbocycles. The summed E-state index contributed by atoms with van der Waals surface area (Å²) in [5, 5.41) is 2.57. The SMILES string of the molecule is CCOC(=O)C(CNC(=O)[C@H](C)NS(=O)(=O)c1ccccc1F)Cc1ccccc1. The topological polar surface area (TPSA) is 102 Å². The third-order valence-electron chi connectivity index (χ3n) is 4.32. The minimum Gasteiger partial charge on any atom is -0.466 e. The second kappa shape index (κ2) is 10.8. The first-order chi connectivity index (χ1) is 14.2. The Balaban J connectivity index is 2.01. The molecule has 1 unspecified atom stereocenters. The number of nitrogens with one attached hydrogen (secondary N) is 2. The van der Waals surface area contributed by atoms with Crippen LogP contribution in [-0.4, -0.2) is 39.5 Å². The van der Waals surface area contributed by atoms with Gasteiger partial charge < -0.3 is 10.1 Å². The molecule has 30 heavy (non-hydrogen) atoms. The third-order valence-corrected chi connectivity index (χ3v) is 5.89. The Morgan fingerprint density at radius 2 is 1.70 bits per heavy atom. The van der Waals surface area contributed by atoms with Crippen molar-refractivity contribution in [1.29, 1.82) is 0 Å². The quantitative estimate of drug-likeness (QED) is 0.555. The highest BCUT2D eigenvalue weighted by Crippen LogP contribution is 2.14. The molecule has 0 radical (unpaired) electrons. The average molecular weight is 437 g/mol. The van der Waals surface area contributed by atoms with Gasteiger partial charge in [0.1, 0.15) is 10.7 Å². The molecule has 7 nitrogen and oxygen atoms in total. The van der Waals surface area contributed by atoms with Gasteiger partial charge in [0.15, 0.2) is 0 Å². The van der Waals surface area contributed by atoms with Gasteiger partial charge >= 0.3 is 5.97 Å². The molecule has 0 aromatic heterocycles. The molecule has 0 aliphatic heterocycles. The van der Waals surface area contributed by atoms with E-state index >= 15 is 0 Å². The number of ether oxygens (including phenoxy) is 1. The Labute approximate surface area is 175 Å². The van der Waals surface area contributed by atoms with Crippen molar-refractivity contribution in [2.75, 3.05) is 13.2 Å². The molecule has 0 fully saturated rings. The van der Waals surface area contributed by atoms with Crippen LogP contribution in [0.3, 0.4) is 0 Å². The van der Waals surface area contributed by atoms with Crippen LogP contribution in [0.2, 0.25) is 0 Å². The molecule has 0 aliphatic rings. The number of hydrogen-bond donors (Lipinski definition) is 2. The maximum Gasteiger partial charge on any atom is 0.311 e. The van der Waals surface area contributed by atoms with Crippen molar-refractivity contribution >= 4 is 21.9 Å². The van der Waals surface area contributed by atoms with Crippen LogP contribution in [0.5, 0.6) is 0 Å². The van der Waals surface area contributed by atoms with Crippen LogP contribution in [-0.2, 0) is 30.8 Å². The van der Waals surface area contributed by atoms with Crippen molar-refractivity contribution in [3.8, 4) is 0 Å². The molecule has 0 saturated heterocycles. The van der Waals surface area contributed by atoms with Crippen molar-refractivity contribution in [3.05, 3.63) is 66.0 Å². The van der Waals surface area contributed by atoms with E-state index < -0.39 is 44.6 Å². The second-order valence-corrected chi connectivity index (χ2v) is 8.34. The normalized spacial score (nSPS) is 13.3. The van der Waals surface area contributed by atoms with Gasteiger partial charge in [-0.25, -0.2) is 12.8 Å². The van der Waals surface area contributed by atoms with Crippen LogP contribution < -0.4 is 10.0 Å². The fourth-order valence-corrected chi connectivity index (χ4v) is 4.07. The Kier molecular flexibility index (Phi) is 8.49. The minimum atomic E-state index is -4.22. The summed E-state index contributed by atoms with van der Waals surface area (Å²) in [5.74, 6) is -2.65. The zero-order valence-electron chi connectivity index (χ0n) is 16.8. The van der Waals surface area contributed by atoms with Crippen molar-refractivity contribution in [3.63, 3.8) is 0 Å². The number of esters is 1. The van der Waals surface area contributed by atoms with Gasteiger partial charge in [0.25, 0.3) is 0 Å². The van der Waals surface area contributed by atoms with Gasteiger partial charge in [0.2, 0.25) is 15.9 Å². The average Bonchev–Trinajstić information content (AvgIpc) is 2.71. The van der Waals surface area contributed by atoms with Crippen LogP contribution in [0.25, 0.3) is 0 Å². The lowest BCUT2D eigenvalue weighted by Gasteiger charge is -2.19. The Morgan fingerprint density at radius 3 is 2.33 bits per heavy atom. The zero-order chi connectivity index (χ0) is 22.1. The molecular weight excluding hydrogens is 411 g/mol. The van der Waals surface area contributed by atoms with E-state index in [1.54, 1.807) is 6.92 Å². The van der Waals surface area contributed by atoms with Gasteiger partial charge in [-0.05, 0) is 38.0 Å². The predicted molar refractivity (Wildman–Crippen MR) is 109 cm³/mol. The summed E-state index contributed by atoms with van der Waals surface area (Å²) in [5.41, 5.74) is 0.901. The molecule has 0 heterocycles. The molecule has 9 heteroatoms. The predicted octanol–water partition coefficient (Wildman–Crippen LogP) is 2.03. The standard InChI is InChI=1S/C21H25FN2O5S/c1-3-29-21(26)17(13-16-9-5-4-6-10-16)14-23-20(25)15(2)24-30(27,28)19-12-8-7-11-18(19)22/h4-12,15,17,24H,3,13-14H2,1-2H3,(H,23,25)/t15-,17?/m0/s1. The van der Waals surface area contributed by atoms with Crippen molar-refractivity contribution < 1.29 is 27.1 Å². The maximum absolute atomic E-state index is 13.8. The Hall–Kier alpha value is -2.78. The molecule has 2 aromatic rings. The monoisotopic (exact) mass is 436 g/mol. The third kappa shape index (κ3) is 6.64. The van der Waals surface area contributed by atoms with Crippen LogP contribution in [0.4, 0.5) is 4.39 Å². The largest absolute Gasteiger partial charge is 0.466 e. The summed E-state index contributed by atoms with van der Waals surface area (Å²) in [7, 11) is -4.22. The maximum atomic E-state index is 13.8. The second-order valence-electron chi connectivity index (χ2n) is 6.66. The molecule has 0 aliphatic carbocycles. The Bertz CT molecular complexity index is 966. The first-order valence-corrected chi connectivity index (χ1v) is 11.0. The first-order valence-electron chi connectivity index (χ1n) is 9.49. The van der Waals surface area contributed by atoms with Gasteiger partial charge in [-0.1, -0.05) is 42.5 Å². The number of sulfonamides is 1. The van der Waals surface area contributed by atoms with E-state index in [2.05, 4.69) is 10.0 Å². The fourth-order valence-electron chi connectivity index (χ4n) is 2.79. The molecule has 2 atom stereocenters. The molecule has 2 N–H and O–H groups in total. The van der Waals surface area contributed by atoms with Gasteiger partial charge in [-0.15, -0.1) is 0 Å². The number of benzene rings is 2. The molecule has 0 saturated carbocycles. The molecule has 0 spiro atoms. The van der Waals surface area contributed by atoms with Gasteiger partial charge in [-0.2, -0.15) is 4.72 Å². The smallest absolute Gasteiger partial charge is 0.311 e. The van der Waals surface area contributed by atoms with E-state index in [0.717, 1.165) is 17.7 Å². The van der Waals surface area contributed by atoms with Crippen LogP contribution in [0.15, 0.2) is 59.5 Å². The highest BCUT2D eigenvalue weighted by Gasteiger charge is 2.26. The van der Waals surface area contributed by atoms with Crippen LogP contribution >= 0.6 is 0 Å². The highest BCUT2D eigenvalue weighted by atomic mass is 32.2. The van der Waals surface area contributed by atoms with Crippen LogP contribution in [0.1, 0.15) is 19.4 Å². The number of halogens is 1. The molecule has 0 bridgehead atoms. The van der Waals surface area contributed by atoms with Crippen molar-refractivity contribution in [2.24, 2.45) is 5.92 Å². The van der Waals surface area contributed by atoms with E-state index in [1.165, 1.54) is 19.1 Å². The molecular formula is C21H25FN2O5S. The Morgan fingerprint density at radius 1 is 1.07 bits per heavy atom. The first kappa shape index (κ1) is 23.5. The lowest BCUT2D eigenvalue weighted by atomic mass is 9.99. The number of hydrogen-bond acceptors (Lipinski definition) is 5. The summed E-state index contributed by atoms with van der Waals surface area (Å²) >= 11 is 0. The van der Waals surface area contributed by atoms with Gasteiger partial charge in [-0.3, -0.25) is 9.59 Å². The van der Waals surface area contributed by atoms with E-state index in [0.29, 0.717) is 6.42 Å². The number of carbonyl (C=O) groups excluding carboxylic acids is 2. The number of rotatable bonds is 10. The van der Waals surface area contributed by atoms with Gasteiger partial charge in [0.05, 0.1) is 18.6 Å². The van der Waals surface area contributed by atoms with E-state index in [4.69, 9.17) is 4.74 Å². The summed E-state index contributed by atoms with van der Waals surface area (Å²) in [6.45, 7) is 3.20. The van der Waals surface area contributed by atoms with E-state index in [-0.39, 0.29) is 13.2 Å². The van der Waals surface area contributed by atoms with Crippen molar-refractivity contribution in [2.45, 2.75) is 31.2 Å². The number of carbonyl (C=O) groups is 2. The minimum absolute atomic E-state index is 0.0294. The molecule has 162 valence electrons. The van der Waals surface area contributed by atoms with E-state index in [9.17, 15) is 22.4 Å². The lowest BCUT2D eigenvalue weighted by Crippen LogP contribution is -2.47. The fraction of sp³-hybridized carbons (Fsp3) is 0.333. The van der Waals surface area contributed by atoms with Crippen molar-refractivity contribution in [1.82, 2.24) is 10.0 Å². The van der Waals surface area contributed by atoms with Gasteiger partial charge in [0, 0.05) is 6.54 Å². The lowest BCUT2D eigenvalue weighted by molar-refractivity contribution is -0.147. The summed E-state index contributed by atoms with van der Waals surface area (Å²) in [4.78, 5) is 24.1. The highest BCUT2D eigenvalue weighted by molar-refractivity contribution is 7.89. The van der Waals surface area contributed by atoms with Crippen LogP contribution in [0, 0.1) is 11.7 Å². The zero-order valence-corrected chi connectivity index (χ0v) is 17.6.